The molecule has 196 valence electrons. The highest BCUT2D eigenvalue weighted by Crippen LogP contribution is 2.46. The van der Waals surface area contributed by atoms with E-state index >= 15 is 0 Å². The van der Waals surface area contributed by atoms with Crippen LogP contribution in [-0.2, 0) is 7.05 Å². The van der Waals surface area contributed by atoms with Gasteiger partial charge in [0.15, 0.2) is 5.82 Å². The number of aromatic nitrogens is 3. The fourth-order valence-electron chi connectivity index (χ4n) is 5.44. The fourth-order valence-corrected chi connectivity index (χ4v) is 5.44. The molecule has 2 aromatic carbocycles. The standard InChI is InChI=1S/C30H33N5O3/c1-17(2)26-25-27(22-13-12-18(3)14-19(22)4)34(21-15-20(5)29(36)33(6)16-21)30(37)31-28(25)32-35(26)23-10-8-9-11-24(23)38-7/h8-17,27H,1-7H3,(H,31,32,37). The minimum atomic E-state index is -0.461. The van der Waals surface area contributed by atoms with Crippen LogP contribution in [-0.4, -0.2) is 27.5 Å². The summed E-state index contributed by atoms with van der Waals surface area (Å²) in [6, 6.07) is 15.0. The van der Waals surface area contributed by atoms with E-state index < -0.39 is 6.04 Å². The molecule has 1 unspecified atom stereocenters. The number of rotatable bonds is 5. The maximum atomic E-state index is 13.8. The van der Waals surface area contributed by atoms with E-state index in [9.17, 15) is 9.59 Å². The molecular weight excluding hydrogens is 478 g/mol. The van der Waals surface area contributed by atoms with Crippen LogP contribution in [0.2, 0.25) is 0 Å². The van der Waals surface area contributed by atoms with Gasteiger partial charge in [0, 0.05) is 24.4 Å². The fraction of sp³-hybridized carbons (Fsp3) is 0.300. The van der Waals surface area contributed by atoms with Crippen molar-refractivity contribution in [1.29, 1.82) is 0 Å². The maximum Gasteiger partial charge on any atom is 0.328 e. The zero-order valence-corrected chi connectivity index (χ0v) is 22.9. The number of hydrogen-bond acceptors (Lipinski definition) is 4. The lowest BCUT2D eigenvalue weighted by Gasteiger charge is -2.37. The van der Waals surface area contributed by atoms with Gasteiger partial charge >= 0.3 is 6.03 Å². The summed E-state index contributed by atoms with van der Waals surface area (Å²) in [5, 5.41) is 7.97. The Balaban J connectivity index is 1.85. The van der Waals surface area contributed by atoms with Crippen LogP contribution in [0.3, 0.4) is 0 Å². The van der Waals surface area contributed by atoms with E-state index in [0.717, 1.165) is 33.6 Å². The highest BCUT2D eigenvalue weighted by Gasteiger charge is 2.41. The van der Waals surface area contributed by atoms with Crippen molar-refractivity contribution in [2.45, 2.75) is 46.6 Å². The number of urea groups is 1. The third-order valence-corrected chi connectivity index (χ3v) is 7.14. The van der Waals surface area contributed by atoms with E-state index in [1.54, 1.807) is 38.2 Å². The predicted octanol–water partition coefficient (Wildman–Crippen LogP) is 5.77. The SMILES string of the molecule is COc1ccccc1-n1nc2c(c1C(C)C)C(c1ccc(C)cc1C)N(c1cc(C)c(=O)n(C)c1)C(=O)N2. The molecule has 2 aromatic heterocycles. The Morgan fingerprint density at radius 2 is 1.74 bits per heavy atom. The van der Waals surface area contributed by atoms with Gasteiger partial charge in [0.2, 0.25) is 0 Å². The Hall–Kier alpha value is -4.33. The molecule has 0 saturated carbocycles. The lowest BCUT2D eigenvalue weighted by molar-refractivity contribution is 0.254. The van der Waals surface area contributed by atoms with Gasteiger partial charge in [-0.2, -0.15) is 0 Å². The first kappa shape index (κ1) is 25.3. The van der Waals surface area contributed by atoms with Crippen LogP contribution in [0.1, 0.15) is 59.3 Å². The zero-order chi connectivity index (χ0) is 27.3. The van der Waals surface area contributed by atoms with Gasteiger partial charge < -0.3 is 9.30 Å². The average Bonchev–Trinajstić information content (AvgIpc) is 3.25. The second-order valence-corrected chi connectivity index (χ2v) is 10.2. The Morgan fingerprint density at radius 3 is 2.39 bits per heavy atom. The smallest absolute Gasteiger partial charge is 0.328 e. The van der Waals surface area contributed by atoms with Gasteiger partial charge in [-0.25, -0.2) is 9.48 Å². The predicted molar refractivity (Wildman–Crippen MR) is 150 cm³/mol. The van der Waals surface area contributed by atoms with E-state index in [2.05, 4.69) is 51.2 Å². The molecule has 4 aromatic rings. The summed E-state index contributed by atoms with van der Waals surface area (Å²) in [5.41, 5.74) is 7.01. The number of benzene rings is 2. The number of carbonyl (C=O) groups excluding carboxylic acids is 1. The molecule has 8 nitrogen and oxygen atoms in total. The summed E-state index contributed by atoms with van der Waals surface area (Å²) >= 11 is 0. The third-order valence-electron chi connectivity index (χ3n) is 7.14. The summed E-state index contributed by atoms with van der Waals surface area (Å²) in [6.45, 7) is 10.1. The van der Waals surface area contributed by atoms with Gasteiger partial charge in [-0.15, -0.1) is 5.10 Å². The van der Waals surface area contributed by atoms with Crippen molar-refractivity contribution in [3.8, 4) is 11.4 Å². The van der Waals surface area contributed by atoms with Crippen LogP contribution in [0, 0.1) is 20.8 Å². The van der Waals surface area contributed by atoms with Gasteiger partial charge in [-0.05, 0) is 56.0 Å². The van der Waals surface area contributed by atoms with Crippen LogP contribution < -0.4 is 20.5 Å². The van der Waals surface area contributed by atoms with Crippen LogP contribution in [0.5, 0.6) is 5.75 Å². The molecule has 2 amide bonds. The molecule has 0 spiro atoms. The molecule has 1 N–H and O–H groups in total. The maximum absolute atomic E-state index is 13.8. The largest absolute Gasteiger partial charge is 0.494 e. The van der Waals surface area contributed by atoms with Crippen molar-refractivity contribution in [3.05, 3.63) is 98.6 Å². The number of fused-ring (bicyclic) bond motifs is 1. The van der Waals surface area contributed by atoms with Gasteiger partial charge in [-0.1, -0.05) is 49.7 Å². The number of hydrogen-bond donors (Lipinski definition) is 1. The lowest BCUT2D eigenvalue weighted by Crippen LogP contribution is -2.44. The van der Waals surface area contributed by atoms with Crippen LogP contribution >= 0.6 is 0 Å². The number of amides is 2. The van der Waals surface area contributed by atoms with Gasteiger partial charge in [0.1, 0.15) is 11.4 Å². The van der Waals surface area contributed by atoms with E-state index in [0.29, 0.717) is 22.8 Å². The number of para-hydroxylation sites is 2. The molecule has 1 atom stereocenters. The van der Waals surface area contributed by atoms with E-state index in [-0.39, 0.29) is 17.5 Å². The topological polar surface area (TPSA) is 81.4 Å². The molecule has 0 aliphatic carbocycles. The van der Waals surface area contributed by atoms with E-state index in [1.165, 1.54) is 4.57 Å². The summed E-state index contributed by atoms with van der Waals surface area (Å²) < 4.78 is 9.08. The van der Waals surface area contributed by atoms with Crippen LogP contribution in [0.15, 0.2) is 59.5 Å². The van der Waals surface area contributed by atoms with E-state index in [4.69, 9.17) is 9.84 Å². The molecule has 1 aliphatic heterocycles. The molecule has 3 heterocycles. The number of pyridine rings is 1. The normalized spacial score (nSPS) is 15.0. The van der Waals surface area contributed by atoms with Gasteiger partial charge in [0.25, 0.3) is 5.56 Å². The molecule has 5 rings (SSSR count). The number of anilines is 2. The summed E-state index contributed by atoms with van der Waals surface area (Å²) in [7, 11) is 3.35. The quantitative estimate of drug-likeness (QED) is 0.369. The Bertz CT molecular complexity index is 1590. The zero-order valence-electron chi connectivity index (χ0n) is 22.9. The summed E-state index contributed by atoms with van der Waals surface area (Å²) in [5.74, 6) is 1.28. The highest BCUT2D eigenvalue weighted by atomic mass is 16.5. The molecule has 0 radical (unpaired) electrons. The minimum Gasteiger partial charge on any atom is -0.494 e. The number of carbonyl (C=O) groups is 1. The summed E-state index contributed by atoms with van der Waals surface area (Å²) in [6.07, 6.45) is 1.72. The molecule has 1 aliphatic rings. The number of methoxy groups -OCH3 is 1. The number of aryl methyl sites for hydroxylation is 4. The first-order chi connectivity index (χ1) is 18.1. The molecule has 0 bridgehead atoms. The molecular formula is C30H33N5O3. The molecule has 38 heavy (non-hydrogen) atoms. The van der Waals surface area contributed by atoms with Crippen molar-refractivity contribution >= 4 is 17.5 Å². The number of nitrogens with one attached hydrogen (secondary N) is 1. The van der Waals surface area contributed by atoms with Crippen LogP contribution in [0.25, 0.3) is 5.69 Å². The van der Waals surface area contributed by atoms with E-state index in [1.807, 2.05) is 28.9 Å². The van der Waals surface area contributed by atoms with Crippen molar-refractivity contribution in [1.82, 2.24) is 14.3 Å². The number of nitrogens with zero attached hydrogens (tertiary/aromatic N) is 4. The van der Waals surface area contributed by atoms with Gasteiger partial charge in [0.05, 0.1) is 24.5 Å². The minimum absolute atomic E-state index is 0.0723. The first-order valence-electron chi connectivity index (χ1n) is 12.7. The van der Waals surface area contributed by atoms with Crippen molar-refractivity contribution in [2.24, 2.45) is 7.05 Å². The lowest BCUT2D eigenvalue weighted by atomic mass is 9.88. The third kappa shape index (κ3) is 4.06. The first-order valence-corrected chi connectivity index (χ1v) is 12.7. The summed E-state index contributed by atoms with van der Waals surface area (Å²) in [4.78, 5) is 28.1. The Labute approximate surface area is 222 Å². The monoisotopic (exact) mass is 511 g/mol. The van der Waals surface area contributed by atoms with Crippen LogP contribution in [0.4, 0.5) is 16.3 Å². The second-order valence-electron chi connectivity index (χ2n) is 10.2. The molecule has 0 saturated heterocycles. The molecule has 0 fully saturated rings. The Kier molecular flexibility index (Phi) is 6.34. The average molecular weight is 512 g/mol. The molecule has 8 heteroatoms. The van der Waals surface area contributed by atoms with Crippen molar-refractivity contribution in [3.63, 3.8) is 0 Å². The highest BCUT2D eigenvalue weighted by molar-refractivity contribution is 6.05. The van der Waals surface area contributed by atoms with Crippen molar-refractivity contribution < 1.29 is 9.53 Å². The second kappa shape index (κ2) is 9.52. The van der Waals surface area contributed by atoms with Gasteiger partial charge in [-0.3, -0.25) is 15.0 Å². The Morgan fingerprint density at radius 1 is 1.00 bits per heavy atom. The number of ether oxygens (including phenoxy) is 1. The van der Waals surface area contributed by atoms with Crippen molar-refractivity contribution in [2.75, 3.05) is 17.3 Å².